The Bertz CT molecular complexity index is 830. The number of nitrogens with zero attached hydrogens (tertiary/aromatic N) is 2. The maximum Gasteiger partial charge on any atom is 0.274 e. The SMILES string of the molecule is C[C@@H]1CCCC[NH+]1CCCNC(=O)Cc1nn(C)c(=O)c2ccccc12. The molecule has 26 heavy (non-hydrogen) atoms. The van der Waals surface area contributed by atoms with E-state index in [1.807, 2.05) is 18.2 Å². The van der Waals surface area contributed by atoms with Gasteiger partial charge in [0.25, 0.3) is 5.56 Å². The van der Waals surface area contributed by atoms with Gasteiger partial charge in [0.1, 0.15) is 0 Å². The van der Waals surface area contributed by atoms with Gasteiger partial charge in [0, 0.05) is 25.4 Å². The van der Waals surface area contributed by atoms with Crippen LogP contribution in [0.2, 0.25) is 0 Å². The molecule has 0 radical (unpaired) electrons. The highest BCUT2D eigenvalue weighted by atomic mass is 16.1. The van der Waals surface area contributed by atoms with Gasteiger partial charge in [0.2, 0.25) is 5.91 Å². The molecule has 2 atom stereocenters. The molecule has 0 spiro atoms. The monoisotopic (exact) mass is 357 g/mol. The summed E-state index contributed by atoms with van der Waals surface area (Å²) >= 11 is 0. The predicted octanol–water partition coefficient (Wildman–Crippen LogP) is 0.440. The molecule has 3 rings (SSSR count). The predicted molar refractivity (Wildman–Crippen MR) is 102 cm³/mol. The first-order valence-electron chi connectivity index (χ1n) is 9.62. The number of carbonyl (C=O) groups is 1. The molecule has 6 nitrogen and oxygen atoms in total. The van der Waals surface area contributed by atoms with Crippen molar-refractivity contribution in [1.82, 2.24) is 15.1 Å². The maximum absolute atomic E-state index is 12.3. The van der Waals surface area contributed by atoms with E-state index in [1.54, 1.807) is 18.0 Å². The van der Waals surface area contributed by atoms with Crippen LogP contribution in [0.1, 0.15) is 38.3 Å². The molecule has 0 aliphatic carbocycles. The first-order chi connectivity index (χ1) is 12.6. The van der Waals surface area contributed by atoms with E-state index in [0.717, 1.165) is 24.4 Å². The fourth-order valence-corrected chi connectivity index (χ4v) is 3.89. The van der Waals surface area contributed by atoms with Crippen molar-refractivity contribution in [2.24, 2.45) is 7.05 Å². The Kier molecular flexibility index (Phi) is 6.04. The van der Waals surface area contributed by atoms with Crippen molar-refractivity contribution < 1.29 is 9.69 Å². The van der Waals surface area contributed by atoms with Crippen LogP contribution in [-0.2, 0) is 18.3 Å². The van der Waals surface area contributed by atoms with E-state index >= 15 is 0 Å². The van der Waals surface area contributed by atoms with Gasteiger partial charge in [0.15, 0.2) is 0 Å². The molecule has 1 aliphatic heterocycles. The molecule has 1 amide bonds. The van der Waals surface area contributed by atoms with Gasteiger partial charge in [-0.1, -0.05) is 18.2 Å². The van der Waals surface area contributed by atoms with Gasteiger partial charge in [-0.3, -0.25) is 9.59 Å². The second-order valence-corrected chi connectivity index (χ2v) is 7.36. The number of nitrogens with one attached hydrogen (secondary N) is 2. The first-order valence-corrected chi connectivity index (χ1v) is 9.62. The summed E-state index contributed by atoms with van der Waals surface area (Å²) in [6, 6.07) is 8.07. The Morgan fingerprint density at radius 3 is 2.85 bits per heavy atom. The highest BCUT2D eigenvalue weighted by Gasteiger charge is 2.21. The molecule has 0 saturated carbocycles. The number of amides is 1. The minimum atomic E-state index is -0.136. The molecule has 1 saturated heterocycles. The number of benzene rings is 1. The van der Waals surface area contributed by atoms with Crippen molar-refractivity contribution in [3.63, 3.8) is 0 Å². The van der Waals surface area contributed by atoms with Crippen LogP contribution in [0.3, 0.4) is 0 Å². The number of likely N-dealkylation sites (tertiary alicyclic amines) is 1. The van der Waals surface area contributed by atoms with Crippen molar-refractivity contribution in [3.05, 3.63) is 40.3 Å². The van der Waals surface area contributed by atoms with Crippen LogP contribution >= 0.6 is 0 Å². The van der Waals surface area contributed by atoms with E-state index in [9.17, 15) is 9.59 Å². The molecule has 1 unspecified atom stereocenters. The van der Waals surface area contributed by atoms with Crippen LogP contribution in [0.15, 0.2) is 29.1 Å². The summed E-state index contributed by atoms with van der Waals surface area (Å²) in [4.78, 5) is 26.1. The zero-order valence-electron chi connectivity index (χ0n) is 15.8. The summed E-state index contributed by atoms with van der Waals surface area (Å²) in [6.45, 7) is 5.38. The van der Waals surface area contributed by atoms with E-state index in [1.165, 1.54) is 30.5 Å². The van der Waals surface area contributed by atoms with Crippen molar-refractivity contribution in [3.8, 4) is 0 Å². The molecule has 1 aromatic heterocycles. The Hall–Kier alpha value is -2.21. The van der Waals surface area contributed by atoms with Gasteiger partial charge < -0.3 is 10.2 Å². The molecule has 1 aromatic carbocycles. The standard InChI is InChI=1S/C20H28N4O2/c1-15-8-5-6-12-24(15)13-7-11-21-19(25)14-18-16-9-3-4-10-17(16)20(26)23(2)22-18/h3-4,9-10,15H,5-8,11-14H2,1-2H3,(H,21,25)/p+1/t15-/m1/s1. The third kappa shape index (κ3) is 4.30. The van der Waals surface area contributed by atoms with Crippen LogP contribution in [-0.4, -0.2) is 41.4 Å². The largest absolute Gasteiger partial charge is 0.356 e. The fraction of sp³-hybridized carbons (Fsp3) is 0.550. The van der Waals surface area contributed by atoms with Gasteiger partial charge >= 0.3 is 0 Å². The summed E-state index contributed by atoms with van der Waals surface area (Å²) in [5.74, 6) is -0.0389. The quantitative estimate of drug-likeness (QED) is 0.737. The van der Waals surface area contributed by atoms with E-state index in [0.29, 0.717) is 17.6 Å². The molecule has 1 fully saturated rings. The normalized spacial score (nSPS) is 20.2. The Morgan fingerprint density at radius 2 is 2.08 bits per heavy atom. The third-order valence-electron chi connectivity index (χ3n) is 5.44. The smallest absolute Gasteiger partial charge is 0.274 e. The Morgan fingerprint density at radius 1 is 1.31 bits per heavy atom. The number of piperidine rings is 1. The summed E-state index contributed by atoms with van der Waals surface area (Å²) in [6.07, 6.45) is 5.17. The van der Waals surface area contributed by atoms with Crippen molar-refractivity contribution in [1.29, 1.82) is 0 Å². The molecule has 2 N–H and O–H groups in total. The minimum absolute atomic E-state index is 0.0389. The number of aryl methyl sites for hydroxylation is 1. The minimum Gasteiger partial charge on any atom is -0.356 e. The van der Waals surface area contributed by atoms with Gasteiger partial charge in [-0.25, -0.2) is 4.68 Å². The second kappa shape index (κ2) is 8.45. The van der Waals surface area contributed by atoms with Gasteiger partial charge in [0.05, 0.1) is 36.6 Å². The third-order valence-corrected chi connectivity index (χ3v) is 5.44. The number of rotatable bonds is 6. The second-order valence-electron chi connectivity index (χ2n) is 7.36. The van der Waals surface area contributed by atoms with E-state index in [2.05, 4.69) is 17.3 Å². The van der Waals surface area contributed by atoms with Crippen molar-refractivity contribution in [2.45, 2.75) is 45.1 Å². The molecule has 6 heteroatoms. The molecule has 0 bridgehead atoms. The topological polar surface area (TPSA) is 68.4 Å². The fourth-order valence-electron chi connectivity index (χ4n) is 3.89. The lowest BCUT2D eigenvalue weighted by Crippen LogP contribution is -3.16. The zero-order chi connectivity index (χ0) is 18.5. The number of carbonyl (C=O) groups excluding carboxylic acids is 1. The van der Waals surface area contributed by atoms with Crippen molar-refractivity contribution >= 4 is 16.7 Å². The van der Waals surface area contributed by atoms with Crippen LogP contribution in [0.4, 0.5) is 0 Å². The van der Waals surface area contributed by atoms with Gasteiger partial charge in [-0.05, 0) is 32.3 Å². The van der Waals surface area contributed by atoms with E-state index in [-0.39, 0.29) is 17.9 Å². The molecule has 2 aromatic rings. The summed E-state index contributed by atoms with van der Waals surface area (Å²) < 4.78 is 1.31. The summed E-state index contributed by atoms with van der Waals surface area (Å²) in [5, 5.41) is 8.66. The van der Waals surface area contributed by atoms with E-state index < -0.39 is 0 Å². The number of hydrogen-bond acceptors (Lipinski definition) is 3. The van der Waals surface area contributed by atoms with Gasteiger partial charge in [-0.2, -0.15) is 5.10 Å². The number of hydrogen-bond donors (Lipinski definition) is 2. The lowest BCUT2D eigenvalue weighted by atomic mass is 10.0. The Balaban J connectivity index is 1.55. The van der Waals surface area contributed by atoms with E-state index in [4.69, 9.17) is 0 Å². The van der Waals surface area contributed by atoms with Crippen LogP contribution < -0.4 is 15.8 Å². The molecule has 1 aliphatic rings. The average molecular weight is 357 g/mol. The summed E-state index contributed by atoms with van der Waals surface area (Å²) in [5.41, 5.74) is 0.513. The lowest BCUT2D eigenvalue weighted by Gasteiger charge is -2.30. The number of fused-ring (bicyclic) bond motifs is 1. The molecular weight excluding hydrogens is 328 g/mol. The Labute approximate surface area is 154 Å². The number of aromatic nitrogens is 2. The highest BCUT2D eigenvalue weighted by molar-refractivity contribution is 5.88. The van der Waals surface area contributed by atoms with Crippen molar-refractivity contribution in [2.75, 3.05) is 19.6 Å². The summed E-state index contributed by atoms with van der Waals surface area (Å²) in [7, 11) is 1.62. The van der Waals surface area contributed by atoms with Gasteiger partial charge in [-0.15, -0.1) is 0 Å². The first kappa shape index (κ1) is 18.6. The zero-order valence-corrected chi connectivity index (χ0v) is 15.8. The van der Waals surface area contributed by atoms with Crippen LogP contribution in [0.5, 0.6) is 0 Å². The molecule has 2 heterocycles. The van der Waals surface area contributed by atoms with Crippen LogP contribution in [0, 0.1) is 0 Å². The molecule has 140 valence electrons. The number of quaternary nitrogens is 1. The lowest BCUT2D eigenvalue weighted by molar-refractivity contribution is -0.928. The average Bonchev–Trinajstić information content (AvgIpc) is 2.64. The van der Waals surface area contributed by atoms with Crippen LogP contribution in [0.25, 0.3) is 10.8 Å². The maximum atomic E-state index is 12.3. The highest BCUT2D eigenvalue weighted by Crippen LogP contribution is 2.13. The molecular formula is C20H29N4O2+.